The number of thiophene rings is 1. The molecule has 2 aromatic rings. The summed E-state index contributed by atoms with van der Waals surface area (Å²) in [4.78, 5) is 15.5. The molecule has 2 N–H and O–H groups in total. The van der Waals surface area contributed by atoms with Crippen LogP contribution in [0, 0.1) is 33.9 Å². The normalized spacial score (nSPS) is 22.0. The van der Waals surface area contributed by atoms with Crippen LogP contribution < -0.4 is 5.32 Å². The van der Waals surface area contributed by atoms with E-state index in [-0.39, 0.29) is 17.4 Å². The van der Waals surface area contributed by atoms with Gasteiger partial charge in [0.1, 0.15) is 16.8 Å². The zero-order valence-corrected chi connectivity index (χ0v) is 17.3. The van der Waals surface area contributed by atoms with E-state index in [0.717, 1.165) is 0 Å². The van der Waals surface area contributed by atoms with Gasteiger partial charge in [-0.25, -0.2) is 4.39 Å². The van der Waals surface area contributed by atoms with Gasteiger partial charge >= 0.3 is 0 Å². The standard InChI is InChI=1S/C21H20FN5OS/c1-20(2,11-24)14-7-5-12(9-15(14)22)17-18(28)27(4)19(25)26-21(17,3)16-8-6-13(10-23)29-16/h5-9,17H,1-4H3,(H2,25,26)/t17-,21+/m0/s1. The molecule has 1 amide bonds. The maximum Gasteiger partial charge on any atom is 0.239 e. The van der Waals surface area contributed by atoms with Crippen LogP contribution in [0.1, 0.15) is 47.6 Å². The Kier molecular flexibility index (Phi) is 4.94. The highest BCUT2D eigenvalue weighted by Gasteiger charge is 2.49. The van der Waals surface area contributed by atoms with Gasteiger partial charge in [-0.15, -0.1) is 11.3 Å². The Hall–Kier alpha value is -3.23. The maximum absolute atomic E-state index is 14.9. The molecule has 0 unspecified atom stereocenters. The molecule has 0 radical (unpaired) electrons. The number of benzene rings is 1. The van der Waals surface area contributed by atoms with Crippen LogP contribution in [0.15, 0.2) is 30.3 Å². The van der Waals surface area contributed by atoms with E-state index >= 15 is 0 Å². The van der Waals surface area contributed by atoms with Gasteiger partial charge in [-0.3, -0.25) is 15.1 Å². The summed E-state index contributed by atoms with van der Waals surface area (Å²) < 4.78 is 14.9. The first-order valence-electron chi connectivity index (χ1n) is 8.91. The summed E-state index contributed by atoms with van der Waals surface area (Å²) in [6.45, 7) is 5.04. The minimum atomic E-state index is -1.03. The fraction of sp³-hybridized carbons (Fsp3) is 0.333. The molecule has 0 saturated carbocycles. The molecule has 0 bridgehead atoms. The Balaban J connectivity index is 2.17. The second kappa shape index (κ2) is 6.98. The summed E-state index contributed by atoms with van der Waals surface area (Å²) in [5.41, 5.74) is -1.34. The molecule has 148 valence electrons. The van der Waals surface area contributed by atoms with E-state index in [2.05, 4.69) is 17.5 Å². The lowest BCUT2D eigenvalue weighted by Crippen LogP contribution is -2.62. The average Bonchev–Trinajstić information content (AvgIpc) is 3.16. The first kappa shape index (κ1) is 20.5. The third-order valence-corrected chi connectivity index (χ3v) is 6.60. The van der Waals surface area contributed by atoms with Crippen LogP contribution in [0.25, 0.3) is 0 Å². The fourth-order valence-electron chi connectivity index (χ4n) is 3.59. The molecule has 29 heavy (non-hydrogen) atoms. The van der Waals surface area contributed by atoms with Gasteiger partial charge in [0, 0.05) is 17.5 Å². The van der Waals surface area contributed by atoms with Crippen molar-refractivity contribution >= 4 is 23.2 Å². The zero-order chi connectivity index (χ0) is 21.6. The van der Waals surface area contributed by atoms with Crippen molar-refractivity contribution in [3.63, 3.8) is 0 Å². The summed E-state index contributed by atoms with van der Waals surface area (Å²) in [7, 11) is 1.49. The highest BCUT2D eigenvalue weighted by molar-refractivity contribution is 7.12. The number of hydrogen-bond acceptors (Lipinski definition) is 5. The van der Waals surface area contributed by atoms with Crippen LogP contribution in [0.3, 0.4) is 0 Å². The number of nitriles is 2. The number of rotatable bonds is 3. The summed E-state index contributed by atoms with van der Waals surface area (Å²) in [5.74, 6) is -1.80. The molecule has 6 nitrogen and oxygen atoms in total. The number of nitrogens with one attached hydrogen (secondary N) is 2. The second-order valence-corrected chi connectivity index (χ2v) is 8.84. The van der Waals surface area contributed by atoms with E-state index in [0.29, 0.717) is 15.3 Å². The average molecular weight is 409 g/mol. The number of halogens is 1. The van der Waals surface area contributed by atoms with Gasteiger partial charge in [-0.1, -0.05) is 12.1 Å². The van der Waals surface area contributed by atoms with Crippen LogP contribution in [-0.4, -0.2) is 23.8 Å². The number of guanidine groups is 1. The van der Waals surface area contributed by atoms with Crippen molar-refractivity contribution in [1.29, 1.82) is 15.9 Å². The quantitative estimate of drug-likeness (QED) is 0.809. The van der Waals surface area contributed by atoms with Crippen molar-refractivity contribution in [2.45, 2.75) is 37.6 Å². The van der Waals surface area contributed by atoms with Gasteiger partial charge in [0.05, 0.1) is 22.9 Å². The monoisotopic (exact) mass is 409 g/mol. The van der Waals surface area contributed by atoms with Crippen LogP contribution in [0.4, 0.5) is 4.39 Å². The molecule has 3 rings (SSSR count). The highest BCUT2D eigenvalue weighted by atomic mass is 32.1. The first-order chi connectivity index (χ1) is 13.5. The molecule has 0 aliphatic carbocycles. The van der Waals surface area contributed by atoms with E-state index in [9.17, 15) is 19.7 Å². The van der Waals surface area contributed by atoms with Gasteiger partial charge in [0.2, 0.25) is 5.91 Å². The van der Waals surface area contributed by atoms with Crippen LogP contribution in [0.2, 0.25) is 0 Å². The highest BCUT2D eigenvalue weighted by Crippen LogP contribution is 2.43. The first-order valence-corrected chi connectivity index (χ1v) is 9.72. The lowest BCUT2D eigenvalue weighted by Gasteiger charge is -2.45. The Bertz CT molecular complexity index is 1090. The van der Waals surface area contributed by atoms with E-state index in [1.54, 1.807) is 39.0 Å². The third kappa shape index (κ3) is 3.26. The summed E-state index contributed by atoms with van der Waals surface area (Å²) >= 11 is 1.23. The Labute approximate surface area is 172 Å². The van der Waals surface area contributed by atoms with Gasteiger partial charge in [-0.2, -0.15) is 10.5 Å². The number of carbonyl (C=O) groups is 1. The molecule has 1 aliphatic rings. The topological polar surface area (TPSA) is 104 Å². The SMILES string of the molecule is CN1C(=N)N[C@](C)(c2ccc(C#N)s2)[C@@H](c2ccc(C(C)(C)C#N)c(F)c2)C1=O. The number of nitrogens with zero attached hydrogens (tertiary/aromatic N) is 3. The molecule has 1 fully saturated rings. The molecule has 1 saturated heterocycles. The van der Waals surface area contributed by atoms with Crippen molar-refractivity contribution < 1.29 is 9.18 Å². The molecule has 2 heterocycles. The fourth-order valence-corrected chi connectivity index (χ4v) is 4.52. The largest absolute Gasteiger partial charge is 0.345 e. The number of hydrogen-bond donors (Lipinski definition) is 2. The minimum Gasteiger partial charge on any atom is -0.345 e. The molecule has 1 aliphatic heterocycles. The van der Waals surface area contributed by atoms with Crippen molar-refractivity contribution in [1.82, 2.24) is 10.2 Å². The summed E-state index contributed by atoms with van der Waals surface area (Å²) in [5, 5.41) is 29.7. The Morgan fingerprint density at radius 1 is 1.31 bits per heavy atom. The van der Waals surface area contributed by atoms with Gasteiger partial charge in [0.15, 0.2) is 5.96 Å². The molecule has 2 atom stereocenters. The lowest BCUT2D eigenvalue weighted by molar-refractivity contribution is -0.131. The van der Waals surface area contributed by atoms with E-state index in [4.69, 9.17) is 5.41 Å². The molecule has 1 aromatic heterocycles. The van der Waals surface area contributed by atoms with Crippen molar-refractivity contribution in [2.24, 2.45) is 0 Å². The predicted molar refractivity (Wildman–Crippen MR) is 108 cm³/mol. The van der Waals surface area contributed by atoms with Crippen molar-refractivity contribution in [3.05, 3.63) is 57.0 Å². The zero-order valence-electron chi connectivity index (χ0n) is 16.5. The molecule has 8 heteroatoms. The number of carbonyl (C=O) groups excluding carboxylic acids is 1. The minimum absolute atomic E-state index is 0.0663. The van der Waals surface area contributed by atoms with Crippen molar-refractivity contribution in [3.8, 4) is 12.1 Å². The van der Waals surface area contributed by atoms with E-state index in [1.807, 2.05) is 0 Å². The third-order valence-electron chi connectivity index (χ3n) is 5.38. The molecular weight excluding hydrogens is 389 g/mol. The molecule has 0 spiro atoms. The smallest absolute Gasteiger partial charge is 0.239 e. The maximum atomic E-state index is 14.9. The van der Waals surface area contributed by atoms with Gasteiger partial charge in [0.25, 0.3) is 0 Å². The molecular formula is C21H20FN5OS. The summed E-state index contributed by atoms with van der Waals surface area (Å²) in [6, 6.07) is 12.1. The Morgan fingerprint density at radius 3 is 2.55 bits per heavy atom. The Morgan fingerprint density at radius 2 is 2.00 bits per heavy atom. The predicted octanol–water partition coefficient (Wildman–Crippen LogP) is 3.56. The molecule has 1 aromatic carbocycles. The number of amides is 1. The van der Waals surface area contributed by atoms with Crippen molar-refractivity contribution in [2.75, 3.05) is 7.05 Å². The van der Waals surface area contributed by atoms with Crippen LogP contribution >= 0.6 is 11.3 Å². The van der Waals surface area contributed by atoms with Gasteiger partial charge < -0.3 is 5.32 Å². The number of likely N-dealkylation sites (N-methyl/N-ethyl adjacent to an activating group) is 1. The van der Waals surface area contributed by atoms with E-state index < -0.39 is 22.7 Å². The second-order valence-electron chi connectivity index (χ2n) is 7.76. The van der Waals surface area contributed by atoms with E-state index in [1.165, 1.54) is 35.4 Å². The lowest BCUT2D eigenvalue weighted by atomic mass is 9.76. The summed E-state index contributed by atoms with van der Waals surface area (Å²) in [6.07, 6.45) is 0. The van der Waals surface area contributed by atoms with Gasteiger partial charge in [-0.05, 0) is 44.5 Å². The van der Waals surface area contributed by atoms with Crippen LogP contribution in [-0.2, 0) is 15.7 Å². The van der Waals surface area contributed by atoms with Crippen LogP contribution in [0.5, 0.6) is 0 Å².